The lowest BCUT2D eigenvalue weighted by molar-refractivity contribution is -0.485. The average Bonchev–Trinajstić information content (AvgIpc) is 2.67. The van der Waals surface area contributed by atoms with Crippen LogP contribution >= 0.6 is 0 Å². The first-order valence-electron chi connectivity index (χ1n) is 5.73. The third-order valence-corrected chi connectivity index (χ3v) is 3.05. The van der Waals surface area contributed by atoms with Crippen molar-refractivity contribution in [2.75, 3.05) is 27.2 Å². The molecule has 88 valence electrons. The second-order valence-electron chi connectivity index (χ2n) is 4.32. The van der Waals surface area contributed by atoms with E-state index in [2.05, 4.69) is 35.7 Å². The van der Waals surface area contributed by atoms with E-state index in [1.807, 2.05) is 24.3 Å². The van der Waals surface area contributed by atoms with Gasteiger partial charge in [0.2, 0.25) is 0 Å². The molecular weight excluding hydrogens is 212 g/mol. The van der Waals surface area contributed by atoms with Crippen LogP contribution in [-0.2, 0) is 0 Å². The van der Waals surface area contributed by atoms with Crippen LogP contribution in [0.3, 0.4) is 0 Å². The summed E-state index contributed by atoms with van der Waals surface area (Å²) in [5.74, 6) is 1.23. The van der Waals surface area contributed by atoms with Gasteiger partial charge in [-0.05, 0) is 11.6 Å². The molecule has 1 aliphatic heterocycles. The summed E-state index contributed by atoms with van der Waals surface area (Å²) in [6.07, 6.45) is 5.05. The van der Waals surface area contributed by atoms with Crippen molar-refractivity contribution in [3.05, 3.63) is 41.5 Å². The molecule has 0 saturated heterocycles. The van der Waals surface area contributed by atoms with Gasteiger partial charge in [-0.1, -0.05) is 24.3 Å². The molecule has 0 unspecified atom stereocenters. The molecule has 1 aliphatic rings. The Morgan fingerprint density at radius 2 is 1.82 bits per heavy atom. The summed E-state index contributed by atoms with van der Waals surface area (Å²) in [6.45, 7) is 2.14. The predicted molar refractivity (Wildman–Crippen MR) is 69.6 cm³/mol. The quantitative estimate of drug-likeness (QED) is 0.579. The highest BCUT2D eigenvalue weighted by Crippen LogP contribution is 2.06. The molecule has 1 aromatic carbocycles. The van der Waals surface area contributed by atoms with Gasteiger partial charge in [-0.15, -0.1) is 0 Å². The second kappa shape index (κ2) is 4.95. The fourth-order valence-electron chi connectivity index (χ4n) is 1.93. The fourth-order valence-corrected chi connectivity index (χ4v) is 1.93. The molecule has 17 heavy (non-hydrogen) atoms. The molecule has 1 aromatic rings. The SMILES string of the molecule is CN1CC[N+](C)=C1/C=C/c1ccc(C=O)cc1. The van der Waals surface area contributed by atoms with Crippen LogP contribution in [0.4, 0.5) is 0 Å². The van der Waals surface area contributed by atoms with Crippen LogP contribution in [0.25, 0.3) is 6.08 Å². The summed E-state index contributed by atoms with van der Waals surface area (Å²) in [5, 5.41) is 0. The van der Waals surface area contributed by atoms with Crippen molar-refractivity contribution in [3.8, 4) is 0 Å². The van der Waals surface area contributed by atoms with E-state index in [4.69, 9.17) is 0 Å². The first-order valence-corrected chi connectivity index (χ1v) is 5.73. The lowest BCUT2D eigenvalue weighted by atomic mass is 10.1. The maximum absolute atomic E-state index is 10.5. The minimum absolute atomic E-state index is 0.713. The smallest absolute Gasteiger partial charge is 0.271 e. The number of carbonyl (C=O) groups is 1. The maximum Gasteiger partial charge on any atom is 0.271 e. The number of amidine groups is 1. The van der Waals surface area contributed by atoms with E-state index < -0.39 is 0 Å². The molecule has 0 N–H and O–H groups in total. The molecule has 2 rings (SSSR count). The van der Waals surface area contributed by atoms with Crippen LogP contribution in [-0.4, -0.2) is 48.8 Å². The summed E-state index contributed by atoms with van der Waals surface area (Å²) in [4.78, 5) is 12.8. The number of nitrogens with zero attached hydrogens (tertiary/aromatic N) is 2. The van der Waals surface area contributed by atoms with Crippen molar-refractivity contribution in [1.29, 1.82) is 0 Å². The molecular formula is C14H17N2O+. The molecule has 3 heteroatoms. The number of likely N-dealkylation sites (N-methyl/N-ethyl adjacent to an activating group) is 2. The van der Waals surface area contributed by atoms with Crippen LogP contribution in [0.5, 0.6) is 0 Å². The maximum atomic E-state index is 10.5. The van der Waals surface area contributed by atoms with Crippen LogP contribution < -0.4 is 0 Å². The fraction of sp³-hybridized carbons (Fsp3) is 0.286. The molecule has 0 bridgehead atoms. The number of aldehydes is 1. The number of rotatable bonds is 3. The summed E-state index contributed by atoms with van der Waals surface area (Å²) < 4.78 is 2.23. The number of hydrogen-bond donors (Lipinski definition) is 0. The van der Waals surface area contributed by atoms with Gasteiger partial charge in [-0.25, -0.2) is 0 Å². The minimum Gasteiger partial charge on any atom is -0.298 e. The first-order chi connectivity index (χ1) is 8.20. The Morgan fingerprint density at radius 3 is 2.35 bits per heavy atom. The summed E-state index contributed by atoms with van der Waals surface area (Å²) in [6, 6.07) is 7.57. The normalized spacial score (nSPS) is 16.0. The van der Waals surface area contributed by atoms with E-state index >= 15 is 0 Å². The highest BCUT2D eigenvalue weighted by molar-refractivity contribution is 5.93. The predicted octanol–water partition coefficient (Wildman–Crippen LogP) is 1.50. The lowest BCUT2D eigenvalue weighted by Crippen LogP contribution is -2.22. The third-order valence-electron chi connectivity index (χ3n) is 3.05. The lowest BCUT2D eigenvalue weighted by Gasteiger charge is -2.01. The van der Waals surface area contributed by atoms with Crippen molar-refractivity contribution in [1.82, 2.24) is 4.90 Å². The van der Waals surface area contributed by atoms with Crippen molar-refractivity contribution >= 4 is 18.2 Å². The third kappa shape index (κ3) is 2.61. The highest BCUT2D eigenvalue weighted by Gasteiger charge is 2.21. The van der Waals surface area contributed by atoms with Crippen LogP contribution in [0.15, 0.2) is 30.3 Å². The van der Waals surface area contributed by atoms with Gasteiger partial charge in [-0.2, -0.15) is 0 Å². The first kappa shape index (κ1) is 11.6. The molecule has 0 aliphatic carbocycles. The zero-order valence-electron chi connectivity index (χ0n) is 10.3. The van der Waals surface area contributed by atoms with Crippen molar-refractivity contribution in [2.24, 2.45) is 0 Å². The van der Waals surface area contributed by atoms with Gasteiger partial charge in [0, 0.05) is 11.6 Å². The number of carbonyl (C=O) groups excluding carboxylic acids is 1. The van der Waals surface area contributed by atoms with E-state index in [-0.39, 0.29) is 0 Å². The van der Waals surface area contributed by atoms with Crippen molar-refractivity contribution in [3.63, 3.8) is 0 Å². The molecule has 0 atom stereocenters. The molecule has 0 amide bonds. The Kier molecular flexibility index (Phi) is 3.38. The van der Waals surface area contributed by atoms with Crippen LogP contribution in [0.1, 0.15) is 15.9 Å². The van der Waals surface area contributed by atoms with Crippen LogP contribution in [0.2, 0.25) is 0 Å². The number of hydrogen-bond acceptors (Lipinski definition) is 2. The van der Waals surface area contributed by atoms with E-state index in [0.29, 0.717) is 5.56 Å². The summed E-state index contributed by atoms with van der Waals surface area (Å²) in [5.41, 5.74) is 1.82. The Balaban J connectivity index is 2.14. The van der Waals surface area contributed by atoms with E-state index in [0.717, 1.165) is 24.9 Å². The van der Waals surface area contributed by atoms with Crippen LogP contribution in [0, 0.1) is 0 Å². The Labute approximate surface area is 102 Å². The van der Waals surface area contributed by atoms with Gasteiger partial charge in [-0.3, -0.25) is 14.3 Å². The largest absolute Gasteiger partial charge is 0.298 e. The molecule has 0 radical (unpaired) electrons. The van der Waals surface area contributed by atoms with Gasteiger partial charge in [0.15, 0.2) is 0 Å². The Hall–Kier alpha value is -1.90. The molecule has 3 nitrogen and oxygen atoms in total. The average molecular weight is 229 g/mol. The molecule has 0 fully saturated rings. The second-order valence-corrected chi connectivity index (χ2v) is 4.32. The van der Waals surface area contributed by atoms with Gasteiger partial charge < -0.3 is 0 Å². The molecule has 0 saturated carbocycles. The van der Waals surface area contributed by atoms with Gasteiger partial charge in [0.1, 0.15) is 19.4 Å². The van der Waals surface area contributed by atoms with Gasteiger partial charge in [0.05, 0.1) is 14.1 Å². The Bertz CT molecular complexity index is 472. The van der Waals surface area contributed by atoms with E-state index in [1.54, 1.807) is 0 Å². The summed E-state index contributed by atoms with van der Waals surface area (Å²) in [7, 11) is 4.19. The monoisotopic (exact) mass is 229 g/mol. The zero-order valence-corrected chi connectivity index (χ0v) is 10.3. The molecule has 1 heterocycles. The van der Waals surface area contributed by atoms with Gasteiger partial charge in [0.25, 0.3) is 5.84 Å². The van der Waals surface area contributed by atoms with Gasteiger partial charge >= 0.3 is 0 Å². The van der Waals surface area contributed by atoms with E-state index in [1.165, 1.54) is 5.84 Å². The summed E-state index contributed by atoms with van der Waals surface area (Å²) >= 11 is 0. The molecule has 0 spiro atoms. The highest BCUT2D eigenvalue weighted by atomic mass is 16.1. The topological polar surface area (TPSA) is 23.3 Å². The zero-order chi connectivity index (χ0) is 12.3. The standard InChI is InChI=1S/C14H17N2O/c1-15-9-10-16(2)14(15)8-7-12-3-5-13(11-17)6-4-12/h3-8,11H,9-10H2,1-2H3/q+1/b8-7+. The molecule has 0 aromatic heterocycles. The van der Waals surface area contributed by atoms with Crippen molar-refractivity contribution in [2.45, 2.75) is 0 Å². The Morgan fingerprint density at radius 1 is 1.18 bits per heavy atom. The minimum atomic E-state index is 0.713. The van der Waals surface area contributed by atoms with E-state index in [9.17, 15) is 4.79 Å². The number of benzene rings is 1. The van der Waals surface area contributed by atoms with Crippen molar-refractivity contribution < 1.29 is 9.37 Å².